The minimum atomic E-state index is -0.375. The molecule has 5 nitrogen and oxygen atoms in total. The van der Waals surface area contributed by atoms with E-state index in [4.69, 9.17) is 44.3 Å². The predicted molar refractivity (Wildman–Crippen MR) is 137 cm³/mol. The Labute approximate surface area is 216 Å². The van der Waals surface area contributed by atoms with Gasteiger partial charge in [-0.1, -0.05) is 65.1 Å². The van der Waals surface area contributed by atoms with Crippen LogP contribution in [0.25, 0.3) is 6.08 Å². The highest BCUT2D eigenvalue weighted by Crippen LogP contribution is 2.38. The van der Waals surface area contributed by atoms with Crippen LogP contribution in [0.3, 0.4) is 0 Å². The third kappa shape index (κ3) is 5.53. The van der Waals surface area contributed by atoms with E-state index in [0.29, 0.717) is 37.0 Å². The zero-order valence-electron chi connectivity index (χ0n) is 17.9. The lowest BCUT2D eigenvalue weighted by Gasteiger charge is -2.15. The standard InChI is InChI=1S/C25H18Cl3NO4S/c1-32-21-4-2-3-16(23(21)33-14-17-7-10-19(27)12-20(17)28)11-22-24(30)29(25(31)34-22)13-15-5-8-18(26)9-6-15/h2-12H,13-14H2,1H3/b22-11-. The third-order valence-electron chi connectivity index (χ3n) is 5.03. The highest BCUT2D eigenvalue weighted by Gasteiger charge is 2.35. The average Bonchev–Trinajstić information content (AvgIpc) is 3.07. The van der Waals surface area contributed by atoms with Crippen molar-refractivity contribution in [2.24, 2.45) is 0 Å². The van der Waals surface area contributed by atoms with Crippen LogP contribution in [0.15, 0.2) is 65.6 Å². The molecule has 174 valence electrons. The van der Waals surface area contributed by atoms with Crippen molar-refractivity contribution in [1.29, 1.82) is 0 Å². The number of carbonyl (C=O) groups excluding carboxylic acids is 2. The van der Waals surface area contributed by atoms with Crippen LogP contribution in [0, 0.1) is 0 Å². The van der Waals surface area contributed by atoms with Gasteiger partial charge in [0.05, 0.1) is 18.6 Å². The van der Waals surface area contributed by atoms with Crippen LogP contribution >= 0.6 is 46.6 Å². The predicted octanol–water partition coefficient (Wildman–Crippen LogP) is 7.47. The number of rotatable bonds is 7. The van der Waals surface area contributed by atoms with Gasteiger partial charge in [-0.05, 0) is 53.7 Å². The van der Waals surface area contributed by atoms with Crippen molar-refractivity contribution in [3.63, 3.8) is 0 Å². The van der Waals surface area contributed by atoms with Gasteiger partial charge in [0.1, 0.15) is 6.61 Å². The minimum Gasteiger partial charge on any atom is -0.493 e. The van der Waals surface area contributed by atoms with E-state index in [-0.39, 0.29) is 24.3 Å². The van der Waals surface area contributed by atoms with Crippen LogP contribution in [-0.2, 0) is 17.9 Å². The second-order valence-corrected chi connectivity index (χ2v) is 9.57. The van der Waals surface area contributed by atoms with Crippen LogP contribution < -0.4 is 9.47 Å². The van der Waals surface area contributed by atoms with Crippen molar-refractivity contribution in [3.05, 3.63) is 97.3 Å². The molecule has 0 radical (unpaired) electrons. The van der Waals surface area contributed by atoms with Gasteiger partial charge in [0.15, 0.2) is 11.5 Å². The number of hydrogen-bond donors (Lipinski definition) is 0. The van der Waals surface area contributed by atoms with Crippen LogP contribution in [0.2, 0.25) is 15.1 Å². The van der Waals surface area contributed by atoms with Gasteiger partial charge in [-0.2, -0.15) is 0 Å². The summed E-state index contributed by atoms with van der Waals surface area (Å²) >= 11 is 19.0. The molecule has 0 spiro atoms. The summed E-state index contributed by atoms with van der Waals surface area (Å²) < 4.78 is 11.5. The summed E-state index contributed by atoms with van der Waals surface area (Å²) in [5.74, 6) is 0.541. The van der Waals surface area contributed by atoms with Crippen molar-refractivity contribution < 1.29 is 19.1 Å². The summed E-state index contributed by atoms with van der Waals surface area (Å²) in [7, 11) is 1.53. The molecular weight excluding hydrogens is 517 g/mol. The molecule has 0 saturated carbocycles. The maximum Gasteiger partial charge on any atom is 0.293 e. The van der Waals surface area contributed by atoms with Gasteiger partial charge in [-0.15, -0.1) is 0 Å². The van der Waals surface area contributed by atoms with E-state index in [2.05, 4.69) is 0 Å². The fourth-order valence-corrected chi connectivity index (χ4v) is 4.72. The van der Waals surface area contributed by atoms with E-state index in [0.717, 1.165) is 22.9 Å². The monoisotopic (exact) mass is 533 g/mol. The molecule has 0 atom stereocenters. The normalized spacial score (nSPS) is 14.7. The Kier molecular flexibility index (Phi) is 7.73. The van der Waals surface area contributed by atoms with E-state index in [1.165, 1.54) is 12.0 Å². The molecule has 1 saturated heterocycles. The van der Waals surface area contributed by atoms with E-state index in [1.807, 2.05) is 0 Å². The molecule has 0 aliphatic carbocycles. The molecule has 2 amide bonds. The molecule has 0 N–H and O–H groups in total. The lowest BCUT2D eigenvalue weighted by molar-refractivity contribution is -0.123. The number of amides is 2. The smallest absolute Gasteiger partial charge is 0.293 e. The van der Waals surface area contributed by atoms with Crippen LogP contribution in [-0.4, -0.2) is 23.2 Å². The largest absolute Gasteiger partial charge is 0.493 e. The molecule has 1 fully saturated rings. The zero-order chi connectivity index (χ0) is 24.2. The number of imide groups is 1. The van der Waals surface area contributed by atoms with Gasteiger partial charge in [-0.25, -0.2) is 0 Å². The molecular formula is C25H18Cl3NO4S. The second kappa shape index (κ2) is 10.7. The Morgan fingerprint density at radius 1 is 0.971 bits per heavy atom. The first-order chi connectivity index (χ1) is 16.4. The van der Waals surface area contributed by atoms with Gasteiger partial charge < -0.3 is 9.47 Å². The summed E-state index contributed by atoms with van der Waals surface area (Å²) in [6.07, 6.45) is 1.63. The maximum absolute atomic E-state index is 13.0. The lowest BCUT2D eigenvalue weighted by atomic mass is 10.1. The van der Waals surface area contributed by atoms with Crippen molar-refractivity contribution >= 4 is 63.8 Å². The lowest BCUT2D eigenvalue weighted by Crippen LogP contribution is -2.27. The summed E-state index contributed by atoms with van der Waals surface area (Å²) in [6.45, 7) is 0.324. The van der Waals surface area contributed by atoms with Crippen molar-refractivity contribution in [2.45, 2.75) is 13.2 Å². The van der Waals surface area contributed by atoms with Crippen molar-refractivity contribution in [3.8, 4) is 11.5 Å². The number of nitrogens with zero attached hydrogens (tertiary/aromatic N) is 1. The van der Waals surface area contributed by atoms with E-state index in [9.17, 15) is 9.59 Å². The van der Waals surface area contributed by atoms with E-state index in [1.54, 1.807) is 66.7 Å². The summed E-state index contributed by atoms with van der Waals surface area (Å²) in [6, 6.07) is 17.5. The molecule has 9 heteroatoms. The molecule has 1 aliphatic heterocycles. The van der Waals surface area contributed by atoms with Crippen molar-refractivity contribution in [1.82, 2.24) is 4.90 Å². The number of carbonyl (C=O) groups is 2. The quantitative estimate of drug-likeness (QED) is 0.294. The molecule has 0 bridgehead atoms. The zero-order valence-corrected chi connectivity index (χ0v) is 21.0. The number of methoxy groups -OCH3 is 1. The highest BCUT2D eigenvalue weighted by molar-refractivity contribution is 8.18. The fraction of sp³-hybridized carbons (Fsp3) is 0.120. The molecule has 1 aliphatic rings. The van der Waals surface area contributed by atoms with Gasteiger partial charge >= 0.3 is 0 Å². The van der Waals surface area contributed by atoms with Crippen LogP contribution in [0.4, 0.5) is 4.79 Å². The number of para-hydroxylation sites is 1. The first-order valence-corrected chi connectivity index (χ1v) is 12.0. The molecule has 3 aromatic carbocycles. The van der Waals surface area contributed by atoms with Gasteiger partial charge in [0, 0.05) is 26.2 Å². The van der Waals surface area contributed by atoms with Crippen LogP contribution in [0.1, 0.15) is 16.7 Å². The highest BCUT2D eigenvalue weighted by atomic mass is 35.5. The number of hydrogen-bond acceptors (Lipinski definition) is 5. The first kappa shape index (κ1) is 24.5. The van der Waals surface area contributed by atoms with Crippen molar-refractivity contribution in [2.75, 3.05) is 7.11 Å². The second-order valence-electron chi connectivity index (χ2n) is 7.30. The molecule has 4 rings (SSSR count). The molecule has 0 unspecified atom stereocenters. The topological polar surface area (TPSA) is 55.8 Å². The number of halogens is 3. The summed E-state index contributed by atoms with van der Waals surface area (Å²) in [5.41, 5.74) is 2.14. The minimum absolute atomic E-state index is 0.162. The maximum atomic E-state index is 13.0. The molecule has 34 heavy (non-hydrogen) atoms. The SMILES string of the molecule is COc1cccc(/C=C2\SC(=O)N(Cc3ccc(Cl)cc3)C2=O)c1OCc1ccc(Cl)cc1Cl. The number of thioether (sulfide) groups is 1. The number of ether oxygens (including phenoxy) is 2. The van der Waals surface area contributed by atoms with Gasteiger partial charge in [0.25, 0.3) is 11.1 Å². The van der Waals surface area contributed by atoms with E-state index < -0.39 is 0 Å². The van der Waals surface area contributed by atoms with E-state index >= 15 is 0 Å². The number of benzene rings is 3. The third-order valence-corrected chi connectivity index (χ3v) is 6.78. The Morgan fingerprint density at radius 3 is 2.41 bits per heavy atom. The Bertz CT molecular complexity index is 1280. The Morgan fingerprint density at radius 2 is 1.71 bits per heavy atom. The average molecular weight is 535 g/mol. The Balaban J connectivity index is 1.59. The fourth-order valence-electron chi connectivity index (χ4n) is 3.30. The van der Waals surface area contributed by atoms with Gasteiger partial charge in [-0.3, -0.25) is 14.5 Å². The first-order valence-electron chi connectivity index (χ1n) is 10.1. The van der Waals surface area contributed by atoms with Gasteiger partial charge in [0.2, 0.25) is 0 Å². The summed E-state index contributed by atoms with van der Waals surface area (Å²) in [4.78, 5) is 27.1. The molecule has 1 heterocycles. The Hall–Kier alpha value is -2.64. The molecule has 3 aromatic rings. The van der Waals surface area contributed by atoms with Crippen LogP contribution in [0.5, 0.6) is 11.5 Å². The summed E-state index contributed by atoms with van der Waals surface area (Å²) in [5, 5.41) is 1.25. The molecule has 0 aromatic heterocycles.